The second-order valence-electron chi connectivity index (χ2n) is 4.92. The van der Waals surface area contributed by atoms with E-state index in [1.807, 2.05) is 6.07 Å². The quantitative estimate of drug-likeness (QED) is 0.771. The van der Waals surface area contributed by atoms with Crippen molar-refractivity contribution in [3.63, 3.8) is 0 Å². The number of carbonyl (C=O) groups is 1. The van der Waals surface area contributed by atoms with Gasteiger partial charge >= 0.3 is 0 Å². The number of carbonyl (C=O) groups excluding carboxylic acids is 1. The standard InChI is InChI=1S/C16H12ClFN2O2S/c1-8-12(4-3-10(18)15(8)16(19)21)22-7-14-20-11-6-9(17)2-5-13(11)23-14/h2-6H,7H2,1H3,(H2,19,21). The van der Waals surface area contributed by atoms with Crippen molar-refractivity contribution in [1.82, 2.24) is 4.98 Å². The van der Waals surface area contributed by atoms with E-state index < -0.39 is 11.7 Å². The molecule has 0 saturated carbocycles. The predicted molar refractivity (Wildman–Crippen MR) is 88.6 cm³/mol. The van der Waals surface area contributed by atoms with Crippen molar-refractivity contribution < 1.29 is 13.9 Å². The van der Waals surface area contributed by atoms with Gasteiger partial charge in [0.25, 0.3) is 5.91 Å². The zero-order chi connectivity index (χ0) is 16.6. The van der Waals surface area contributed by atoms with Crippen LogP contribution in [0.25, 0.3) is 10.2 Å². The zero-order valence-corrected chi connectivity index (χ0v) is 13.7. The number of nitrogens with two attached hydrogens (primary N) is 1. The first-order chi connectivity index (χ1) is 11.0. The molecule has 0 saturated heterocycles. The van der Waals surface area contributed by atoms with Crippen molar-refractivity contribution in [2.24, 2.45) is 5.73 Å². The van der Waals surface area contributed by atoms with E-state index in [0.717, 1.165) is 15.2 Å². The zero-order valence-electron chi connectivity index (χ0n) is 12.1. The van der Waals surface area contributed by atoms with Crippen LogP contribution in [0, 0.1) is 12.7 Å². The Labute approximate surface area is 140 Å². The molecule has 0 bridgehead atoms. The lowest BCUT2D eigenvalue weighted by molar-refractivity contribution is 0.0995. The van der Waals surface area contributed by atoms with E-state index in [4.69, 9.17) is 22.1 Å². The molecule has 0 aliphatic rings. The number of thiazole rings is 1. The van der Waals surface area contributed by atoms with E-state index in [2.05, 4.69) is 4.98 Å². The van der Waals surface area contributed by atoms with Crippen LogP contribution < -0.4 is 10.5 Å². The van der Waals surface area contributed by atoms with Crippen molar-refractivity contribution in [1.29, 1.82) is 0 Å². The summed E-state index contributed by atoms with van der Waals surface area (Å²) in [4.78, 5) is 15.8. The van der Waals surface area contributed by atoms with Crippen LogP contribution in [0.15, 0.2) is 30.3 Å². The number of amides is 1. The van der Waals surface area contributed by atoms with Crippen LogP contribution in [0.2, 0.25) is 5.02 Å². The van der Waals surface area contributed by atoms with Crippen LogP contribution in [0.3, 0.4) is 0 Å². The molecule has 1 aromatic heterocycles. The molecule has 7 heteroatoms. The number of halogens is 2. The summed E-state index contributed by atoms with van der Waals surface area (Å²) in [5.41, 5.74) is 6.22. The molecule has 1 amide bonds. The molecule has 3 aromatic rings. The van der Waals surface area contributed by atoms with Gasteiger partial charge in [0.2, 0.25) is 0 Å². The number of nitrogens with zero attached hydrogens (tertiary/aromatic N) is 1. The van der Waals surface area contributed by atoms with Crippen LogP contribution in [0.1, 0.15) is 20.9 Å². The third-order valence-electron chi connectivity index (χ3n) is 3.36. The van der Waals surface area contributed by atoms with E-state index in [-0.39, 0.29) is 12.2 Å². The Kier molecular flexibility index (Phi) is 4.19. The van der Waals surface area contributed by atoms with Crippen molar-refractivity contribution in [3.8, 4) is 5.75 Å². The monoisotopic (exact) mass is 350 g/mol. The summed E-state index contributed by atoms with van der Waals surface area (Å²) >= 11 is 7.42. The normalized spacial score (nSPS) is 10.9. The Morgan fingerprint density at radius 3 is 2.91 bits per heavy atom. The Balaban J connectivity index is 1.85. The number of benzene rings is 2. The van der Waals surface area contributed by atoms with Crippen LogP contribution in [0.4, 0.5) is 4.39 Å². The lowest BCUT2D eigenvalue weighted by atomic mass is 10.1. The highest BCUT2D eigenvalue weighted by molar-refractivity contribution is 7.18. The van der Waals surface area contributed by atoms with Crippen LogP contribution in [-0.2, 0) is 6.61 Å². The number of aromatic nitrogens is 1. The molecular weight excluding hydrogens is 339 g/mol. The van der Waals surface area contributed by atoms with Crippen LogP contribution in [-0.4, -0.2) is 10.9 Å². The van der Waals surface area contributed by atoms with E-state index >= 15 is 0 Å². The first kappa shape index (κ1) is 15.7. The number of hydrogen-bond acceptors (Lipinski definition) is 4. The van der Waals surface area contributed by atoms with Crippen LogP contribution >= 0.6 is 22.9 Å². The Morgan fingerprint density at radius 1 is 1.39 bits per heavy atom. The molecule has 118 valence electrons. The molecule has 4 nitrogen and oxygen atoms in total. The van der Waals surface area contributed by atoms with Gasteiger partial charge in [-0.05, 0) is 37.3 Å². The van der Waals surface area contributed by atoms with Gasteiger partial charge in [0.1, 0.15) is 23.2 Å². The molecular formula is C16H12ClFN2O2S. The smallest absolute Gasteiger partial charge is 0.252 e. The minimum absolute atomic E-state index is 0.154. The summed E-state index contributed by atoms with van der Waals surface area (Å²) < 4.78 is 20.3. The van der Waals surface area contributed by atoms with Gasteiger partial charge in [-0.3, -0.25) is 4.79 Å². The summed E-state index contributed by atoms with van der Waals surface area (Å²) in [6.45, 7) is 1.80. The number of ether oxygens (including phenoxy) is 1. The topological polar surface area (TPSA) is 65.2 Å². The second kappa shape index (κ2) is 6.14. The third-order valence-corrected chi connectivity index (χ3v) is 4.60. The van der Waals surface area contributed by atoms with Crippen molar-refractivity contribution >= 4 is 39.1 Å². The number of primary amides is 1. The Hall–Kier alpha value is -2.18. The molecule has 0 atom stereocenters. The maximum Gasteiger partial charge on any atom is 0.252 e. The molecule has 0 spiro atoms. The lowest BCUT2D eigenvalue weighted by Gasteiger charge is -2.10. The highest BCUT2D eigenvalue weighted by Crippen LogP contribution is 2.28. The van der Waals surface area contributed by atoms with Gasteiger partial charge in [0.05, 0.1) is 15.8 Å². The van der Waals surface area contributed by atoms with E-state index in [1.165, 1.54) is 23.5 Å². The highest BCUT2D eigenvalue weighted by Gasteiger charge is 2.16. The average Bonchev–Trinajstić information content (AvgIpc) is 2.88. The summed E-state index contributed by atoms with van der Waals surface area (Å²) in [6.07, 6.45) is 0. The fourth-order valence-electron chi connectivity index (χ4n) is 2.27. The van der Waals surface area contributed by atoms with Gasteiger partial charge in [0.15, 0.2) is 0 Å². The molecule has 0 fully saturated rings. The summed E-state index contributed by atoms with van der Waals surface area (Å²) in [6, 6.07) is 8.12. The summed E-state index contributed by atoms with van der Waals surface area (Å²) in [5.74, 6) is -1.07. The number of fused-ring (bicyclic) bond motifs is 1. The highest BCUT2D eigenvalue weighted by atomic mass is 35.5. The maximum absolute atomic E-state index is 13.6. The number of rotatable bonds is 4. The minimum Gasteiger partial charge on any atom is -0.486 e. The Bertz CT molecular complexity index is 910. The number of hydrogen-bond donors (Lipinski definition) is 1. The SMILES string of the molecule is Cc1c(OCc2nc3cc(Cl)ccc3s2)ccc(F)c1C(N)=O. The van der Waals surface area contributed by atoms with E-state index in [1.54, 1.807) is 19.1 Å². The van der Waals surface area contributed by atoms with Gasteiger partial charge in [-0.15, -0.1) is 11.3 Å². The molecule has 2 N–H and O–H groups in total. The average molecular weight is 351 g/mol. The van der Waals surface area contributed by atoms with Gasteiger partial charge in [-0.25, -0.2) is 9.37 Å². The molecule has 2 aromatic carbocycles. The maximum atomic E-state index is 13.6. The predicted octanol–water partition coefficient (Wildman–Crippen LogP) is 4.08. The molecule has 0 radical (unpaired) electrons. The van der Waals surface area contributed by atoms with Crippen molar-refractivity contribution in [3.05, 3.63) is 57.3 Å². The molecule has 0 aliphatic carbocycles. The molecule has 0 unspecified atom stereocenters. The first-order valence-corrected chi connectivity index (χ1v) is 7.92. The van der Waals surface area contributed by atoms with Gasteiger partial charge < -0.3 is 10.5 Å². The minimum atomic E-state index is -0.819. The Morgan fingerprint density at radius 2 is 2.17 bits per heavy atom. The largest absolute Gasteiger partial charge is 0.486 e. The summed E-state index contributed by atoms with van der Waals surface area (Å²) in [5, 5.41) is 1.38. The summed E-state index contributed by atoms with van der Waals surface area (Å²) in [7, 11) is 0. The molecule has 3 rings (SSSR count). The van der Waals surface area contributed by atoms with E-state index in [9.17, 15) is 9.18 Å². The van der Waals surface area contributed by atoms with Crippen molar-refractivity contribution in [2.75, 3.05) is 0 Å². The fourth-order valence-corrected chi connectivity index (χ4v) is 3.30. The molecule has 1 heterocycles. The second-order valence-corrected chi connectivity index (χ2v) is 6.47. The van der Waals surface area contributed by atoms with Gasteiger partial charge in [-0.1, -0.05) is 11.6 Å². The van der Waals surface area contributed by atoms with Crippen molar-refractivity contribution in [2.45, 2.75) is 13.5 Å². The van der Waals surface area contributed by atoms with Gasteiger partial charge in [0, 0.05) is 10.6 Å². The first-order valence-electron chi connectivity index (χ1n) is 6.72. The van der Waals surface area contributed by atoms with E-state index in [0.29, 0.717) is 16.3 Å². The van der Waals surface area contributed by atoms with Gasteiger partial charge in [-0.2, -0.15) is 0 Å². The molecule has 23 heavy (non-hydrogen) atoms. The molecule has 0 aliphatic heterocycles. The lowest BCUT2D eigenvalue weighted by Crippen LogP contribution is -2.15. The third kappa shape index (κ3) is 3.13. The fraction of sp³-hybridized carbons (Fsp3) is 0.125. The van der Waals surface area contributed by atoms with Crippen LogP contribution in [0.5, 0.6) is 5.75 Å².